The van der Waals surface area contributed by atoms with Crippen molar-refractivity contribution in [3.63, 3.8) is 0 Å². The molecule has 1 aromatic heterocycles. The first kappa shape index (κ1) is 13.5. The van der Waals surface area contributed by atoms with E-state index < -0.39 is 11.5 Å². The average Bonchev–Trinajstić information content (AvgIpc) is 2.95. The van der Waals surface area contributed by atoms with E-state index in [2.05, 4.69) is 10.3 Å². The van der Waals surface area contributed by atoms with Gasteiger partial charge in [-0.15, -0.1) is 11.3 Å². The van der Waals surface area contributed by atoms with Gasteiger partial charge in [0, 0.05) is 17.3 Å². The Balaban J connectivity index is 2.34. The fourth-order valence-electron chi connectivity index (χ4n) is 1.69. The van der Waals surface area contributed by atoms with Crippen molar-refractivity contribution in [1.82, 2.24) is 4.98 Å². The maximum Gasteiger partial charge on any atom is 0.338 e. The Morgan fingerprint density at radius 3 is 2.63 bits per heavy atom. The SMILES string of the molecule is COC(=O)C(C)(Nc1ccc(F)cc1)c1nccs1. The summed E-state index contributed by atoms with van der Waals surface area (Å²) in [5, 5.41) is 5.41. The molecule has 1 N–H and O–H groups in total. The van der Waals surface area contributed by atoms with Crippen LogP contribution in [0.15, 0.2) is 35.8 Å². The molecule has 0 aliphatic carbocycles. The Bertz CT molecular complexity index is 557. The number of carbonyl (C=O) groups is 1. The van der Waals surface area contributed by atoms with Gasteiger partial charge in [-0.3, -0.25) is 0 Å². The third kappa shape index (κ3) is 2.73. The standard InChI is InChI=1S/C13H13FN2O2S/c1-13(12(17)18-2,11-15-7-8-19-11)16-10-5-3-9(14)4-6-10/h3-8,16H,1-2H3. The molecule has 0 aliphatic heterocycles. The van der Waals surface area contributed by atoms with Crippen molar-refractivity contribution in [1.29, 1.82) is 0 Å². The predicted molar refractivity (Wildman–Crippen MR) is 71.5 cm³/mol. The molecule has 19 heavy (non-hydrogen) atoms. The summed E-state index contributed by atoms with van der Waals surface area (Å²) in [4.78, 5) is 16.2. The van der Waals surface area contributed by atoms with E-state index in [-0.39, 0.29) is 5.82 Å². The van der Waals surface area contributed by atoms with Crippen LogP contribution in [0.5, 0.6) is 0 Å². The highest BCUT2D eigenvalue weighted by molar-refractivity contribution is 7.09. The Hall–Kier alpha value is -1.95. The number of hydrogen-bond donors (Lipinski definition) is 1. The summed E-state index contributed by atoms with van der Waals surface area (Å²) in [5.41, 5.74) is -0.481. The number of esters is 1. The van der Waals surface area contributed by atoms with Crippen LogP contribution in [0, 0.1) is 5.82 Å². The Morgan fingerprint density at radius 2 is 2.11 bits per heavy atom. The highest BCUT2D eigenvalue weighted by atomic mass is 32.1. The number of ether oxygens (including phenoxy) is 1. The molecule has 0 amide bonds. The average molecular weight is 280 g/mol. The van der Waals surface area contributed by atoms with Crippen molar-refractivity contribution in [2.45, 2.75) is 12.5 Å². The van der Waals surface area contributed by atoms with E-state index in [0.29, 0.717) is 10.7 Å². The molecule has 0 bridgehead atoms. The first-order valence-corrected chi connectivity index (χ1v) is 6.46. The summed E-state index contributed by atoms with van der Waals surface area (Å²) < 4.78 is 17.7. The van der Waals surface area contributed by atoms with E-state index in [4.69, 9.17) is 4.74 Å². The molecule has 100 valence electrons. The fourth-order valence-corrected chi connectivity index (χ4v) is 2.43. The van der Waals surface area contributed by atoms with Crippen molar-refractivity contribution in [3.05, 3.63) is 46.7 Å². The molecule has 0 aliphatic rings. The highest BCUT2D eigenvalue weighted by Gasteiger charge is 2.39. The smallest absolute Gasteiger partial charge is 0.338 e. The van der Waals surface area contributed by atoms with Crippen LogP contribution in [0.25, 0.3) is 0 Å². The minimum atomic E-state index is -1.10. The number of thiazole rings is 1. The number of aromatic nitrogens is 1. The van der Waals surface area contributed by atoms with Gasteiger partial charge < -0.3 is 10.1 Å². The van der Waals surface area contributed by atoms with Crippen molar-refractivity contribution in [2.75, 3.05) is 12.4 Å². The third-order valence-corrected chi connectivity index (χ3v) is 3.69. The van der Waals surface area contributed by atoms with Gasteiger partial charge in [0.15, 0.2) is 5.54 Å². The van der Waals surface area contributed by atoms with E-state index in [0.717, 1.165) is 0 Å². The quantitative estimate of drug-likeness (QED) is 0.875. The van der Waals surface area contributed by atoms with Crippen LogP contribution in [0.3, 0.4) is 0 Å². The molecule has 1 unspecified atom stereocenters. The van der Waals surface area contributed by atoms with Crippen LogP contribution in [-0.4, -0.2) is 18.1 Å². The predicted octanol–water partition coefficient (Wildman–Crippen LogP) is 2.78. The Morgan fingerprint density at radius 1 is 1.42 bits per heavy atom. The van der Waals surface area contributed by atoms with E-state index >= 15 is 0 Å². The number of rotatable bonds is 4. The first-order chi connectivity index (χ1) is 9.06. The fraction of sp³-hybridized carbons (Fsp3) is 0.231. The minimum absolute atomic E-state index is 0.334. The molecule has 4 nitrogen and oxygen atoms in total. The van der Waals surface area contributed by atoms with Gasteiger partial charge in [0.05, 0.1) is 7.11 Å². The zero-order valence-corrected chi connectivity index (χ0v) is 11.3. The number of nitrogens with zero attached hydrogens (tertiary/aromatic N) is 1. The number of halogens is 1. The van der Waals surface area contributed by atoms with E-state index in [1.165, 1.54) is 30.6 Å². The van der Waals surface area contributed by atoms with E-state index in [9.17, 15) is 9.18 Å². The molecule has 0 radical (unpaired) electrons. The number of methoxy groups -OCH3 is 1. The summed E-state index contributed by atoms with van der Waals surface area (Å²) in [6, 6.07) is 5.76. The third-order valence-electron chi connectivity index (χ3n) is 2.69. The van der Waals surface area contributed by atoms with Gasteiger partial charge in [-0.1, -0.05) is 0 Å². The highest BCUT2D eigenvalue weighted by Crippen LogP contribution is 2.29. The summed E-state index contributed by atoms with van der Waals surface area (Å²) in [7, 11) is 1.32. The van der Waals surface area contributed by atoms with E-state index in [1.54, 1.807) is 30.6 Å². The van der Waals surface area contributed by atoms with Gasteiger partial charge in [0.1, 0.15) is 10.8 Å². The zero-order chi connectivity index (χ0) is 13.9. The largest absolute Gasteiger partial charge is 0.467 e. The van der Waals surface area contributed by atoms with Crippen LogP contribution in [0.4, 0.5) is 10.1 Å². The van der Waals surface area contributed by atoms with Gasteiger partial charge >= 0.3 is 5.97 Å². The molecule has 6 heteroatoms. The lowest BCUT2D eigenvalue weighted by Gasteiger charge is -2.26. The van der Waals surface area contributed by atoms with Crippen molar-refractivity contribution >= 4 is 23.0 Å². The molecule has 2 rings (SSSR count). The molecular weight excluding hydrogens is 267 g/mol. The molecule has 0 fully saturated rings. The lowest BCUT2D eigenvalue weighted by atomic mass is 10.0. The Kier molecular flexibility index (Phi) is 3.80. The second-order valence-corrected chi connectivity index (χ2v) is 4.98. The summed E-state index contributed by atoms with van der Waals surface area (Å²) >= 11 is 1.35. The second kappa shape index (κ2) is 5.36. The molecule has 1 heterocycles. The number of anilines is 1. The summed E-state index contributed by atoms with van der Waals surface area (Å²) in [5.74, 6) is -0.786. The number of nitrogens with one attached hydrogen (secondary N) is 1. The lowest BCUT2D eigenvalue weighted by molar-refractivity contribution is -0.145. The molecule has 0 saturated carbocycles. The van der Waals surface area contributed by atoms with Crippen molar-refractivity contribution in [3.8, 4) is 0 Å². The minimum Gasteiger partial charge on any atom is -0.467 e. The van der Waals surface area contributed by atoms with Gasteiger partial charge in [-0.2, -0.15) is 0 Å². The van der Waals surface area contributed by atoms with Crippen LogP contribution < -0.4 is 5.32 Å². The van der Waals surface area contributed by atoms with Crippen LogP contribution >= 0.6 is 11.3 Å². The van der Waals surface area contributed by atoms with Gasteiger partial charge in [0.25, 0.3) is 0 Å². The van der Waals surface area contributed by atoms with Gasteiger partial charge in [-0.05, 0) is 31.2 Å². The van der Waals surface area contributed by atoms with Crippen LogP contribution in [0.2, 0.25) is 0 Å². The molecule has 0 saturated heterocycles. The maximum absolute atomic E-state index is 12.9. The van der Waals surface area contributed by atoms with Crippen LogP contribution in [0.1, 0.15) is 11.9 Å². The van der Waals surface area contributed by atoms with Gasteiger partial charge in [-0.25, -0.2) is 14.2 Å². The number of hydrogen-bond acceptors (Lipinski definition) is 5. The number of benzene rings is 1. The molecule has 2 aromatic rings. The summed E-state index contributed by atoms with van der Waals surface area (Å²) in [6.07, 6.45) is 1.62. The molecule has 1 aromatic carbocycles. The van der Waals surface area contributed by atoms with Crippen LogP contribution in [-0.2, 0) is 15.1 Å². The monoisotopic (exact) mass is 280 g/mol. The Labute approximate surface area is 114 Å². The molecular formula is C13H13FN2O2S. The normalized spacial score (nSPS) is 13.6. The maximum atomic E-state index is 12.9. The van der Waals surface area contributed by atoms with E-state index in [1.807, 2.05) is 0 Å². The second-order valence-electron chi connectivity index (χ2n) is 4.09. The zero-order valence-electron chi connectivity index (χ0n) is 10.5. The topological polar surface area (TPSA) is 51.2 Å². The first-order valence-electron chi connectivity index (χ1n) is 5.58. The number of carbonyl (C=O) groups excluding carboxylic acids is 1. The molecule has 0 spiro atoms. The molecule has 1 atom stereocenters. The van der Waals surface area contributed by atoms with Crippen molar-refractivity contribution in [2.24, 2.45) is 0 Å². The van der Waals surface area contributed by atoms with Crippen molar-refractivity contribution < 1.29 is 13.9 Å². The summed E-state index contributed by atoms with van der Waals surface area (Å²) in [6.45, 7) is 1.68. The van der Waals surface area contributed by atoms with Gasteiger partial charge in [0.2, 0.25) is 0 Å². The lowest BCUT2D eigenvalue weighted by Crippen LogP contribution is -2.41.